The van der Waals surface area contributed by atoms with Crippen LogP contribution in [0.15, 0.2) is 0 Å². The van der Waals surface area contributed by atoms with E-state index in [1.807, 2.05) is 0 Å². The van der Waals surface area contributed by atoms with E-state index < -0.39 is 21.4 Å². The minimum absolute atomic E-state index is 0.263. The fourth-order valence-corrected chi connectivity index (χ4v) is 10.7. The minimum atomic E-state index is -3.32. The third kappa shape index (κ3) is 6.10. The molecule has 0 N–H and O–H groups in total. The molecule has 0 saturated heterocycles. The highest BCUT2D eigenvalue weighted by atomic mass is 31.2. The number of hydrogen-bond donors (Lipinski definition) is 0. The molecule has 0 radical (unpaired) electrons. The summed E-state index contributed by atoms with van der Waals surface area (Å²) in [6.45, 7) is 17.2. The summed E-state index contributed by atoms with van der Waals surface area (Å²) in [6.07, 6.45) is -0.263. The normalized spacial score (nSPS) is 14.6. The summed E-state index contributed by atoms with van der Waals surface area (Å²) in [5.41, 5.74) is 7.63. The quantitative estimate of drug-likeness (QED) is 0.263. The average Bonchev–Trinajstić information content (AvgIpc) is 2.38. The number of rotatable bonds is 8. The van der Waals surface area contributed by atoms with E-state index in [4.69, 9.17) is 9.26 Å². The van der Waals surface area contributed by atoms with Gasteiger partial charge in [0, 0.05) is 0 Å². The summed E-state index contributed by atoms with van der Waals surface area (Å²) in [5, 5.41) is 0. The van der Waals surface area contributed by atoms with Crippen LogP contribution in [0.2, 0.25) is 16.6 Å². The summed E-state index contributed by atoms with van der Waals surface area (Å²) >= 11 is 0. The van der Waals surface area contributed by atoms with Crippen molar-refractivity contribution >= 4 is 21.4 Å². The highest BCUT2D eigenvalue weighted by Gasteiger charge is 2.42. The fourth-order valence-electron chi connectivity index (χ4n) is 3.32. The molecule has 0 spiro atoms. The molecule has 0 rings (SSSR count). The lowest BCUT2D eigenvalue weighted by Gasteiger charge is -2.38. The van der Waals surface area contributed by atoms with Crippen LogP contribution in [0.25, 0.3) is 0 Å². The van der Waals surface area contributed by atoms with Crippen molar-refractivity contribution < 1.29 is 18.6 Å². The third-order valence-electron chi connectivity index (χ3n) is 4.29. The van der Waals surface area contributed by atoms with Gasteiger partial charge in [-0.05, 0) is 36.1 Å². The van der Waals surface area contributed by atoms with Crippen molar-refractivity contribution in [1.29, 1.82) is 0 Å². The first-order chi connectivity index (χ1) is 10.6. The Hall–Kier alpha value is -0.563. The Balaban J connectivity index is 5.77. The van der Waals surface area contributed by atoms with Crippen LogP contribution in [0.4, 0.5) is 0 Å². The summed E-state index contributed by atoms with van der Waals surface area (Å²) in [6, 6.07) is 0. The Labute approximate surface area is 143 Å². The smallest absolute Gasteiger partial charge is 0.316 e. The molecule has 23 heavy (non-hydrogen) atoms. The molecule has 1 unspecified atom stereocenters. The maximum Gasteiger partial charge on any atom is 0.316 e. The van der Waals surface area contributed by atoms with E-state index in [2.05, 4.69) is 52.7 Å². The Morgan fingerprint density at radius 1 is 1.00 bits per heavy atom. The van der Waals surface area contributed by atoms with Crippen molar-refractivity contribution in [2.75, 3.05) is 19.4 Å². The lowest BCUT2D eigenvalue weighted by Crippen LogP contribution is -2.43. The zero-order valence-electron chi connectivity index (χ0n) is 15.9. The van der Waals surface area contributed by atoms with Gasteiger partial charge in [0.2, 0.25) is 0 Å². The van der Waals surface area contributed by atoms with E-state index in [0.717, 1.165) is 0 Å². The van der Waals surface area contributed by atoms with Crippen molar-refractivity contribution in [2.24, 2.45) is 0 Å². The van der Waals surface area contributed by atoms with Gasteiger partial charge in [-0.15, -0.1) is 5.54 Å². The van der Waals surface area contributed by atoms with Gasteiger partial charge >= 0.3 is 5.97 Å². The Morgan fingerprint density at radius 2 is 1.48 bits per heavy atom. The molecule has 0 aliphatic carbocycles. The zero-order valence-corrected chi connectivity index (χ0v) is 17.8. The highest BCUT2D eigenvalue weighted by Crippen LogP contribution is 2.47. The molecule has 0 aromatic carbocycles. The summed E-state index contributed by atoms with van der Waals surface area (Å²) in [5.74, 6) is -0.510. The van der Waals surface area contributed by atoms with Crippen LogP contribution in [0.5, 0.6) is 0 Å². The van der Waals surface area contributed by atoms with Crippen LogP contribution in [-0.2, 0) is 18.6 Å². The molecule has 1 atom stereocenters. The first-order valence-electron chi connectivity index (χ1n) is 8.49. The zero-order chi connectivity index (χ0) is 18.3. The van der Waals surface area contributed by atoms with E-state index in [9.17, 15) is 9.36 Å². The standard InChI is InChI=1S/C17H33O4PSi/c1-9-20-17(18)13-22(19,21-10-2)11-12-23(14(3)4,15(5)6)16(7)8/h14-16H,9-10,13H2,1-8H3. The number of hydrogen-bond acceptors (Lipinski definition) is 4. The Morgan fingerprint density at radius 3 is 1.83 bits per heavy atom. The topological polar surface area (TPSA) is 52.6 Å². The number of carbonyl (C=O) groups is 1. The first kappa shape index (κ1) is 22.4. The molecular formula is C17H33O4PSi. The number of esters is 1. The predicted octanol–water partition coefficient (Wildman–Crippen LogP) is 5.04. The van der Waals surface area contributed by atoms with Gasteiger partial charge in [0.25, 0.3) is 7.37 Å². The second-order valence-corrected chi connectivity index (χ2v) is 14.4. The van der Waals surface area contributed by atoms with Gasteiger partial charge in [0.15, 0.2) is 0 Å². The van der Waals surface area contributed by atoms with Crippen LogP contribution in [-0.4, -0.2) is 33.4 Å². The molecule has 0 aromatic heterocycles. The lowest BCUT2D eigenvalue weighted by molar-refractivity contribution is -0.140. The van der Waals surface area contributed by atoms with Gasteiger partial charge in [-0.1, -0.05) is 41.5 Å². The maximum atomic E-state index is 12.9. The molecule has 0 aliphatic rings. The number of ether oxygens (including phenoxy) is 1. The predicted molar refractivity (Wildman–Crippen MR) is 99.6 cm³/mol. The lowest BCUT2D eigenvalue weighted by atomic mass is 10.5. The molecule has 0 bridgehead atoms. The van der Waals surface area contributed by atoms with E-state index in [1.54, 1.807) is 13.8 Å². The summed E-state index contributed by atoms with van der Waals surface area (Å²) in [4.78, 5) is 11.7. The largest absolute Gasteiger partial charge is 0.466 e. The molecule has 0 amide bonds. The average molecular weight is 361 g/mol. The van der Waals surface area contributed by atoms with Crippen molar-refractivity contribution in [1.82, 2.24) is 0 Å². The molecular weight excluding hydrogens is 327 g/mol. The fraction of sp³-hybridized carbons (Fsp3) is 0.824. The second-order valence-electron chi connectivity index (χ2n) is 6.69. The molecule has 6 heteroatoms. The molecule has 134 valence electrons. The van der Waals surface area contributed by atoms with Crippen molar-refractivity contribution in [2.45, 2.75) is 72.0 Å². The van der Waals surface area contributed by atoms with E-state index in [1.165, 1.54) is 0 Å². The van der Waals surface area contributed by atoms with Crippen molar-refractivity contribution in [3.05, 3.63) is 0 Å². The molecule has 0 aromatic rings. The monoisotopic (exact) mass is 360 g/mol. The maximum absolute atomic E-state index is 12.9. The van der Waals surface area contributed by atoms with Crippen LogP contribution in [0.1, 0.15) is 55.4 Å². The molecule has 0 heterocycles. The van der Waals surface area contributed by atoms with Gasteiger partial charge in [0.05, 0.1) is 13.2 Å². The molecule has 0 saturated carbocycles. The minimum Gasteiger partial charge on any atom is -0.466 e. The van der Waals surface area contributed by atoms with Crippen LogP contribution < -0.4 is 0 Å². The van der Waals surface area contributed by atoms with Crippen molar-refractivity contribution in [3.63, 3.8) is 0 Å². The van der Waals surface area contributed by atoms with Gasteiger partial charge in [-0.25, -0.2) is 0 Å². The van der Waals surface area contributed by atoms with Crippen LogP contribution in [0.3, 0.4) is 0 Å². The van der Waals surface area contributed by atoms with Gasteiger partial charge in [-0.3, -0.25) is 9.36 Å². The number of carbonyl (C=O) groups excluding carboxylic acids is 1. The highest BCUT2D eigenvalue weighted by molar-refractivity contribution is 7.65. The van der Waals surface area contributed by atoms with Gasteiger partial charge in [-0.2, -0.15) is 0 Å². The third-order valence-corrected chi connectivity index (χ3v) is 12.6. The van der Waals surface area contributed by atoms with Gasteiger partial charge < -0.3 is 9.26 Å². The summed E-state index contributed by atoms with van der Waals surface area (Å²) in [7, 11) is -5.32. The van der Waals surface area contributed by atoms with Crippen LogP contribution in [0, 0.1) is 11.2 Å². The SMILES string of the molecule is CCOC(=O)CP(=O)(C#C[Si](C(C)C)(C(C)C)C(C)C)OCC. The first-order valence-corrected chi connectivity index (χ1v) is 12.5. The second kappa shape index (κ2) is 9.66. The van der Waals surface area contributed by atoms with E-state index >= 15 is 0 Å². The molecule has 0 fully saturated rings. The Bertz CT molecular complexity index is 467. The van der Waals surface area contributed by atoms with Crippen molar-refractivity contribution in [3.8, 4) is 11.2 Å². The van der Waals surface area contributed by atoms with E-state index in [0.29, 0.717) is 16.6 Å². The van der Waals surface area contributed by atoms with Crippen LogP contribution >= 0.6 is 7.37 Å². The van der Waals surface area contributed by atoms with Gasteiger partial charge in [0.1, 0.15) is 14.2 Å². The molecule has 0 aliphatic heterocycles. The summed E-state index contributed by atoms with van der Waals surface area (Å²) < 4.78 is 23.2. The Kier molecular flexibility index (Phi) is 9.43. The molecule has 4 nitrogen and oxygen atoms in total. The van der Waals surface area contributed by atoms with E-state index in [-0.39, 0.29) is 19.4 Å².